The molecule has 0 rings (SSSR count). The van der Waals surface area contributed by atoms with Crippen LogP contribution in [0.15, 0.2) is 0 Å². The third-order valence-electron chi connectivity index (χ3n) is 2.00. The molecule has 0 saturated heterocycles. The summed E-state index contributed by atoms with van der Waals surface area (Å²) in [6.07, 6.45) is -1.78. The molecule has 0 atom stereocenters. The van der Waals surface area contributed by atoms with Crippen LogP contribution in [0.3, 0.4) is 0 Å². The number of hydrogen-bond acceptors (Lipinski definition) is 6. The van der Waals surface area contributed by atoms with Crippen molar-refractivity contribution in [3.05, 3.63) is 0 Å². The van der Waals surface area contributed by atoms with E-state index in [1.165, 1.54) is 0 Å². The van der Waals surface area contributed by atoms with Crippen LogP contribution >= 0.6 is 0 Å². The molecule has 0 aromatic carbocycles. The highest BCUT2D eigenvalue weighted by molar-refractivity contribution is 7.92. The molecule has 0 bridgehead atoms. The molecule has 19 heavy (non-hydrogen) atoms. The second-order valence-corrected chi connectivity index (χ2v) is 5.96. The Morgan fingerprint density at radius 2 is 1.00 bits per heavy atom. The summed E-state index contributed by atoms with van der Waals surface area (Å²) in [5.41, 5.74) is 0. The van der Waals surface area contributed by atoms with E-state index in [2.05, 4.69) is 0 Å². The van der Waals surface area contributed by atoms with E-state index < -0.39 is 70.5 Å². The quantitative estimate of drug-likeness (QED) is 0.536. The Bertz CT molecular complexity index is 438. The normalized spacial score (nSPS) is 10.9. The average molecular weight is 294 g/mol. The fraction of sp³-hybridized carbons (Fsp3) is 0.600. The first-order chi connectivity index (χ1) is 8.62. The van der Waals surface area contributed by atoms with Crippen LogP contribution in [0.2, 0.25) is 0 Å². The van der Waals surface area contributed by atoms with E-state index in [-0.39, 0.29) is 0 Å². The molecule has 0 spiro atoms. The number of hydrogen-bond donors (Lipinski definition) is 2. The van der Waals surface area contributed by atoms with Crippen LogP contribution in [0.5, 0.6) is 0 Å². The Morgan fingerprint density at radius 3 is 1.26 bits per heavy atom. The van der Waals surface area contributed by atoms with Gasteiger partial charge in [0.2, 0.25) is 0 Å². The number of ketones is 2. The molecule has 0 heterocycles. The summed E-state index contributed by atoms with van der Waals surface area (Å²) in [4.78, 5) is 42.7. The highest BCUT2D eigenvalue weighted by Crippen LogP contribution is 2.01. The Morgan fingerprint density at radius 1 is 0.684 bits per heavy atom. The van der Waals surface area contributed by atoms with Crippen molar-refractivity contribution in [1.82, 2.24) is 0 Å². The molecule has 0 saturated carbocycles. The van der Waals surface area contributed by atoms with Gasteiger partial charge < -0.3 is 10.2 Å². The predicted octanol–water partition coefficient (Wildman–Crippen LogP) is -0.731. The Labute approximate surface area is 109 Å². The van der Waals surface area contributed by atoms with Gasteiger partial charge in [0.1, 0.15) is 23.1 Å². The molecule has 0 unspecified atom stereocenters. The summed E-state index contributed by atoms with van der Waals surface area (Å²) < 4.78 is 22.8. The topological polar surface area (TPSA) is 143 Å². The number of aliphatic carboxylic acids is 2. The summed E-state index contributed by atoms with van der Waals surface area (Å²) in [7, 11) is -3.96. The third kappa shape index (κ3) is 9.89. The number of sulfone groups is 1. The maximum atomic E-state index is 11.4. The van der Waals surface area contributed by atoms with Crippen LogP contribution in [0.25, 0.3) is 0 Å². The molecule has 2 N–H and O–H groups in total. The fourth-order valence-corrected chi connectivity index (χ4v) is 2.55. The molecule has 108 valence electrons. The summed E-state index contributed by atoms with van der Waals surface area (Å²) >= 11 is 0. The second kappa shape index (κ2) is 7.62. The van der Waals surface area contributed by atoms with Gasteiger partial charge in [-0.25, -0.2) is 8.42 Å². The monoisotopic (exact) mass is 294 g/mol. The van der Waals surface area contributed by atoms with Crippen LogP contribution in [0, 0.1) is 0 Å². The highest BCUT2D eigenvalue weighted by atomic mass is 32.2. The van der Waals surface area contributed by atoms with Crippen molar-refractivity contribution < 1.29 is 37.8 Å². The first kappa shape index (κ1) is 17.2. The summed E-state index contributed by atoms with van der Waals surface area (Å²) in [5.74, 6) is -5.81. The Hall–Kier alpha value is -1.77. The van der Waals surface area contributed by atoms with Crippen molar-refractivity contribution in [3.63, 3.8) is 0 Å². The van der Waals surface area contributed by atoms with Crippen LogP contribution in [-0.4, -0.2) is 53.6 Å². The average Bonchev–Trinajstić information content (AvgIpc) is 2.22. The largest absolute Gasteiger partial charge is 0.481 e. The van der Waals surface area contributed by atoms with Crippen LogP contribution in [0.1, 0.15) is 25.7 Å². The number of rotatable bonds is 10. The lowest BCUT2D eigenvalue weighted by atomic mass is 10.2. The van der Waals surface area contributed by atoms with Gasteiger partial charge in [0.05, 0.1) is 12.8 Å². The molecule has 0 radical (unpaired) electrons. The highest BCUT2D eigenvalue weighted by Gasteiger charge is 2.21. The molecule has 0 aromatic rings. The number of carbonyl (C=O) groups excluding carboxylic acids is 2. The predicted molar refractivity (Wildman–Crippen MR) is 62.4 cm³/mol. The first-order valence-electron chi connectivity index (χ1n) is 5.30. The molecule has 0 amide bonds. The summed E-state index contributed by atoms with van der Waals surface area (Å²) in [6, 6.07) is 0. The smallest absolute Gasteiger partial charge is 0.303 e. The molecule has 0 aliphatic heterocycles. The van der Waals surface area contributed by atoms with Gasteiger partial charge in [-0.05, 0) is 0 Å². The number of carboxylic acid groups (broad SMARTS) is 2. The molecular weight excluding hydrogens is 280 g/mol. The second-order valence-electron chi connectivity index (χ2n) is 3.90. The van der Waals surface area contributed by atoms with E-state index >= 15 is 0 Å². The minimum absolute atomic E-state index is 0.419. The number of carboxylic acids is 2. The van der Waals surface area contributed by atoms with Gasteiger partial charge in [-0.2, -0.15) is 0 Å². The van der Waals surface area contributed by atoms with E-state index in [4.69, 9.17) is 10.2 Å². The fourth-order valence-electron chi connectivity index (χ4n) is 1.18. The number of carbonyl (C=O) groups is 4. The van der Waals surface area contributed by atoms with Crippen molar-refractivity contribution in [2.24, 2.45) is 0 Å². The van der Waals surface area contributed by atoms with Gasteiger partial charge in [-0.15, -0.1) is 0 Å². The summed E-state index contributed by atoms with van der Waals surface area (Å²) in [5, 5.41) is 16.6. The molecule has 8 nitrogen and oxygen atoms in total. The zero-order valence-corrected chi connectivity index (χ0v) is 10.8. The lowest BCUT2D eigenvalue weighted by molar-refractivity contribution is -0.138. The number of Topliss-reactive ketones (excluding diaryl/α,β-unsaturated/α-hetero) is 2. The van der Waals surface area contributed by atoms with Crippen LogP contribution in [-0.2, 0) is 29.0 Å². The van der Waals surface area contributed by atoms with Gasteiger partial charge in [0.25, 0.3) is 0 Å². The molecule has 0 fully saturated rings. The van der Waals surface area contributed by atoms with E-state index in [1.807, 2.05) is 0 Å². The van der Waals surface area contributed by atoms with Crippen molar-refractivity contribution in [1.29, 1.82) is 0 Å². The van der Waals surface area contributed by atoms with Crippen LogP contribution in [0.4, 0.5) is 0 Å². The van der Waals surface area contributed by atoms with E-state index in [0.29, 0.717) is 0 Å². The van der Waals surface area contributed by atoms with Crippen molar-refractivity contribution >= 4 is 33.3 Å². The van der Waals surface area contributed by atoms with Crippen molar-refractivity contribution in [2.45, 2.75) is 25.7 Å². The lowest BCUT2D eigenvalue weighted by Gasteiger charge is -2.02. The van der Waals surface area contributed by atoms with Gasteiger partial charge in [-0.3, -0.25) is 19.2 Å². The third-order valence-corrected chi connectivity index (χ3v) is 3.52. The molecular formula is C10H14O8S. The maximum Gasteiger partial charge on any atom is 0.303 e. The van der Waals surface area contributed by atoms with E-state index in [0.717, 1.165) is 0 Å². The molecule has 0 aromatic heterocycles. The first-order valence-corrected chi connectivity index (χ1v) is 7.12. The van der Waals surface area contributed by atoms with Gasteiger partial charge >= 0.3 is 11.9 Å². The Balaban J connectivity index is 4.24. The molecule has 9 heteroatoms. The zero-order chi connectivity index (χ0) is 15.1. The maximum absolute atomic E-state index is 11.4. The molecule has 0 aliphatic carbocycles. The van der Waals surface area contributed by atoms with Gasteiger partial charge in [0.15, 0.2) is 9.84 Å². The van der Waals surface area contributed by atoms with Crippen molar-refractivity contribution in [2.75, 3.05) is 11.5 Å². The minimum atomic E-state index is -3.96. The van der Waals surface area contributed by atoms with Crippen LogP contribution < -0.4 is 0 Å². The van der Waals surface area contributed by atoms with Gasteiger partial charge in [-0.1, -0.05) is 0 Å². The lowest BCUT2D eigenvalue weighted by Crippen LogP contribution is -2.24. The minimum Gasteiger partial charge on any atom is -0.481 e. The zero-order valence-electron chi connectivity index (χ0n) is 9.99. The van der Waals surface area contributed by atoms with Crippen molar-refractivity contribution in [3.8, 4) is 0 Å². The summed E-state index contributed by atoms with van der Waals surface area (Å²) in [6.45, 7) is 0. The van der Waals surface area contributed by atoms with E-state index in [9.17, 15) is 27.6 Å². The molecule has 0 aliphatic rings. The van der Waals surface area contributed by atoms with Gasteiger partial charge in [0, 0.05) is 12.8 Å². The van der Waals surface area contributed by atoms with E-state index in [1.54, 1.807) is 0 Å². The standard InChI is InChI=1S/C10H14O8S/c11-7(1-3-9(13)14)5-19(17,18)6-8(12)2-4-10(15)16/h1-6H2,(H,13,14)(H,15,16). The SMILES string of the molecule is O=C(O)CCC(=O)CS(=O)(=O)CC(=O)CCC(=O)O. The Kier molecular flexibility index (Phi) is 6.91.